The van der Waals surface area contributed by atoms with Crippen molar-refractivity contribution < 1.29 is 37.7 Å². The van der Waals surface area contributed by atoms with E-state index in [4.69, 9.17) is 19.4 Å². The Morgan fingerprint density at radius 1 is 0.921 bits per heavy atom. The van der Waals surface area contributed by atoms with Gasteiger partial charge in [0.2, 0.25) is 0 Å². The molecule has 0 saturated carbocycles. The molecule has 0 aromatic heterocycles. The molecule has 0 atom stereocenters. The lowest BCUT2D eigenvalue weighted by molar-refractivity contribution is -0.192. The maximum atomic E-state index is 11.1. The van der Waals surface area contributed by atoms with Crippen molar-refractivity contribution in [2.45, 2.75) is 50.3 Å². The maximum Gasteiger partial charge on any atom is 0.490 e. The molecule has 2 N–H and O–H groups in total. The fourth-order valence-corrected chi connectivity index (χ4v) is 4.74. The summed E-state index contributed by atoms with van der Waals surface area (Å²) in [5.74, 6) is -1.000. The lowest BCUT2D eigenvalue weighted by Gasteiger charge is -2.39. The van der Waals surface area contributed by atoms with Gasteiger partial charge in [0.25, 0.3) is 0 Å². The highest BCUT2D eigenvalue weighted by Gasteiger charge is 2.38. The van der Waals surface area contributed by atoms with Crippen LogP contribution in [-0.4, -0.2) is 73.7 Å². The zero-order chi connectivity index (χ0) is 27.6. The van der Waals surface area contributed by atoms with Gasteiger partial charge in [-0.15, -0.1) is 0 Å². The molecule has 0 radical (unpaired) electrons. The summed E-state index contributed by atoms with van der Waals surface area (Å²) in [7, 11) is 1.66. The second kappa shape index (κ2) is 13.7. The van der Waals surface area contributed by atoms with Gasteiger partial charge in [-0.2, -0.15) is 13.2 Å². The first kappa shape index (κ1) is 29.6. The average Bonchev–Trinajstić information content (AvgIpc) is 2.92. The van der Waals surface area contributed by atoms with Crippen LogP contribution in [0.1, 0.15) is 44.1 Å². The number of aliphatic carboxylic acids is 1. The number of hydrogen-bond donors (Lipinski definition) is 2. The zero-order valence-corrected chi connectivity index (χ0v) is 21.8. The van der Waals surface area contributed by atoms with Gasteiger partial charge < -0.3 is 29.5 Å². The van der Waals surface area contributed by atoms with Crippen molar-refractivity contribution >= 4 is 11.7 Å². The van der Waals surface area contributed by atoms with E-state index < -0.39 is 17.7 Å². The number of piperidine rings is 2. The molecular formula is C28H37F3N2O5. The molecule has 2 saturated heterocycles. The highest BCUT2D eigenvalue weighted by molar-refractivity contribution is 5.73. The van der Waals surface area contributed by atoms with E-state index in [1.54, 1.807) is 7.11 Å². The van der Waals surface area contributed by atoms with Crippen LogP contribution in [0.4, 0.5) is 18.9 Å². The number of alkyl halides is 3. The molecule has 2 aliphatic heterocycles. The van der Waals surface area contributed by atoms with E-state index in [0.717, 1.165) is 49.7 Å². The summed E-state index contributed by atoms with van der Waals surface area (Å²) in [5, 5.41) is 18.3. The van der Waals surface area contributed by atoms with Crippen LogP contribution < -0.4 is 14.4 Å². The molecule has 2 fully saturated rings. The summed E-state index contributed by atoms with van der Waals surface area (Å²) in [6, 6.07) is 16.2. The number of carboxylic acid groups (broad SMARTS) is 1. The number of carbonyl (C=O) groups is 1. The predicted octanol–water partition coefficient (Wildman–Crippen LogP) is 5.07. The summed E-state index contributed by atoms with van der Waals surface area (Å²) in [6.07, 6.45) is 1.50. The van der Waals surface area contributed by atoms with E-state index in [9.17, 15) is 18.3 Å². The van der Waals surface area contributed by atoms with Crippen molar-refractivity contribution in [3.05, 3.63) is 54.1 Å². The van der Waals surface area contributed by atoms with Gasteiger partial charge in [-0.1, -0.05) is 18.6 Å². The Morgan fingerprint density at radius 2 is 1.47 bits per heavy atom. The first-order valence-electron chi connectivity index (χ1n) is 13.0. The molecule has 2 aliphatic rings. The molecule has 38 heavy (non-hydrogen) atoms. The lowest BCUT2D eigenvalue weighted by atomic mass is 9.84. The maximum absolute atomic E-state index is 11.1. The Balaban J connectivity index is 0.000000505. The average molecular weight is 539 g/mol. The SMILES string of the molecule is COc1ccc(C2(O)CCN(c3ccc(OCCCN4CCCCC4)cc3)CC2)cc1.O=C(O)C(F)(F)F. The molecule has 2 aromatic carbocycles. The molecule has 4 rings (SSSR count). The minimum atomic E-state index is -5.08. The molecule has 7 nitrogen and oxygen atoms in total. The van der Waals surface area contributed by atoms with Crippen molar-refractivity contribution in [1.29, 1.82) is 0 Å². The van der Waals surface area contributed by atoms with E-state index in [-0.39, 0.29) is 0 Å². The van der Waals surface area contributed by atoms with Crippen molar-refractivity contribution in [3.63, 3.8) is 0 Å². The standard InChI is InChI=1S/C26H36N2O3.C2HF3O2/c1-30-24-10-6-22(7-11-24)26(29)14-19-28(20-15-26)23-8-12-25(13-9-23)31-21-5-18-27-16-3-2-4-17-27;3-2(4,5)1(6)7/h6-13,29H,2-5,14-21H2,1H3;(H,6,7). The molecule has 10 heteroatoms. The molecule has 2 heterocycles. The van der Waals surface area contributed by atoms with Crippen molar-refractivity contribution in [3.8, 4) is 11.5 Å². The Bertz CT molecular complexity index is 985. The molecule has 0 aliphatic carbocycles. The Morgan fingerprint density at radius 3 is 2.00 bits per heavy atom. The monoisotopic (exact) mass is 538 g/mol. The third-order valence-electron chi connectivity index (χ3n) is 7.00. The third kappa shape index (κ3) is 8.80. The van der Waals surface area contributed by atoms with Gasteiger partial charge in [-0.05, 0) is 87.2 Å². The quantitative estimate of drug-likeness (QED) is 0.454. The van der Waals surface area contributed by atoms with Crippen LogP contribution in [0, 0.1) is 0 Å². The van der Waals surface area contributed by atoms with Crippen LogP contribution in [0.15, 0.2) is 48.5 Å². The molecular weight excluding hydrogens is 501 g/mol. The molecule has 0 bridgehead atoms. The number of nitrogens with zero attached hydrogens (tertiary/aromatic N) is 2. The number of methoxy groups -OCH3 is 1. The van der Waals surface area contributed by atoms with Gasteiger partial charge in [0.15, 0.2) is 0 Å². The van der Waals surface area contributed by atoms with Crippen LogP contribution in [-0.2, 0) is 10.4 Å². The molecule has 0 spiro atoms. The van der Waals surface area contributed by atoms with Crippen LogP contribution in [0.25, 0.3) is 0 Å². The lowest BCUT2D eigenvalue weighted by Crippen LogP contribution is -2.42. The largest absolute Gasteiger partial charge is 0.497 e. The van der Waals surface area contributed by atoms with Crippen LogP contribution in [0.2, 0.25) is 0 Å². The van der Waals surface area contributed by atoms with Crippen LogP contribution in [0.3, 0.4) is 0 Å². The number of rotatable bonds is 8. The van der Waals surface area contributed by atoms with Gasteiger partial charge in [-0.3, -0.25) is 0 Å². The van der Waals surface area contributed by atoms with E-state index in [1.807, 2.05) is 24.3 Å². The highest BCUT2D eigenvalue weighted by atomic mass is 19.4. The first-order chi connectivity index (χ1) is 18.1. The number of benzene rings is 2. The molecule has 2 aromatic rings. The minimum Gasteiger partial charge on any atom is -0.497 e. The number of anilines is 1. The number of likely N-dealkylation sites (tertiary alicyclic amines) is 1. The topological polar surface area (TPSA) is 82.5 Å². The van der Waals surface area contributed by atoms with Crippen LogP contribution >= 0.6 is 0 Å². The van der Waals surface area contributed by atoms with E-state index in [0.29, 0.717) is 12.8 Å². The van der Waals surface area contributed by atoms with Crippen molar-refractivity contribution in [1.82, 2.24) is 4.90 Å². The first-order valence-corrected chi connectivity index (χ1v) is 13.0. The number of hydrogen-bond acceptors (Lipinski definition) is 6. The smallest absolute Gasteiger partial charge is 0.490 e. The van der Waals surface area contributed by atoms with Gasteiger partial charge in [0.1, 0.15) is 11.5 Å². The van der Waals surface area contributed by atoms with E-state index in [1.165, 1.54) is 38.0 Å². The summed E-state index contributed by atoms with van der Waals surface area (Å²) < 4.78 is 42.9. The van der Waals surface area contributed by atoms with Gasteiger partial charge in [0.05, 0.1) is 19.3 Å². The fourth-order valence-electron chi connectivity index (χ4n) is 4.74. The Hall–Kier alpha value is -2.98. The van der Waals surface area contributed by atoms with Gasteiger partial charge >= 0.3 is 12.1 Å². The molecule has 0 amide bonds. The number of halogens is 3. The summed E-state index contributed by atoms with van der Waals surface area (Å²) >= 11 is 0. The van der Waals surface area contributed by atoms with E-state index in [2.05, 4.69) is 34.1 Å². The second-order valence-corrected chi connectivity index (χ2v) is 9.65. The minimum absolute atomic E-state index is 0.716. The number of carboxylic acids is 1. The second-order valence-electron chi connectivity index (χ2n) is 9.65. The predicted molar refractivity (Wildman–Crippen MR) is 139 cm³/mol. The third-order valence-corrected chi connectivity index (χ3v) is 7.00. The van der Waals surface area contributed by atoms with Crippen molar-refractivity contribution in [2.75, 3.05) is 51.3 Å². The van der Waals surface area contributed by atoms with Crippen molar-refractivity contribution in [2.24, 2.45) is 0 Å². The van der Waals surface area contributed by atoms with Crippen LogP contribution in [0.5, 0.6) is 11.5 Å². The van der Waals surface area contributed by atoms with Gasteiger partial charge in [0, 0.05) is 25.3 Å². The Kier molecular flexibility index (Phi) is 10.7. The summed E-state index contributed by atoms with van der Waals surface area (Å²) in [5.41, 5.74) is 1.40. The van der Waals surface area contributed by atoms with E-state index >= 15 is 0 Å². The zero-order valence-electron chi connectivity index (χ0n) is 21.8. The normalized spacial score (nSPS) is 17.8. The summed E-state index contributed by atoms with van der Waals surface area (Å²) in [6.45, 7) is 6.07. The Labute approximate surface area is 221 Å². The fraction of sp³-hybridized carbons (Fsp3) is 0.536. The number of ether oxygens (including phenoxy) is 2. The molecule has 210 valence electrons. The number of aliphatic hydroxyl groups is 1. The summed E-state index contributed by atoms with van der Waals surface area (Å²) in [4.78, 5) is 13.8. The highest BCUT2D eigenvalue weighted by Crippen LogP contribution is 2.35. The van der Waals surface area contributed by atoms with Gasteiger partial charge in [-0.25, -0.2) is 4.79 Å². The molecule has 0 unspecified atom stereocenters.